The molecular formula is C22H20N4O5. The number of nitrogens with zero attached hydrogens (tertiary/aromatic N) is 2. The highest BCUT2D eigenvalue weighted by Crippen LogP contribution is 2.33. The molecule has 0 fully saturated rings. The maximum atomic E-state index is 13.0. The van der Waals surface area contributed by atoms with Crippen molar-refractivity contribution in [3.8, 4) is 11.5 Å². The number of hydrogen-bond donors (Lipinski definition) is 3. The second-order valence-electron chi connectivity index (χ2n) is 6.74. The Hall–Kier alpha value is -4.27. The van der Waals surface area contributed by atoms with Gasteiger partial charge >= 0.3 is 5.97 Å². The van der Waals surface area contributed by atoms with E-state index in [0.29, 0.717) is 23.0 Å². The minimum absolute atomic E-state index is 0.0259. The molecule has 0 spiro atoms. The van der Waals surface area contributed by atoms with Crippen molar-refractivity contribution in [3.05, 3.63) is 77.6 Å². The highest BCUT2D eigenvalue weighted by molar-refractivity contribution is 6.08. The van der Waals surface area contributed by atoms with Gasteiger partial charge in [0.2, 0.25) is 0 Å². The lowest BCUT2D eigenvalue weighted by Gasteiger charge is -2.24. The van der Waals surface area contributed by atoms with Crippen molar-refractivity contribution in [2.45, 2.75) is 6.04 Å². The topological polar surface area (TPSA) is 115 Å². The van der Waals surface area contributed by atoms with Gasteiger partial charge in [0, 0.05) is 11.8 Å². The zero-order chi connectivity index (χ0) is 22.0. The first-order valence-corrected chi connectivity index (χ1v) is 9.39. The fraction of sp³-hybridized carbons (Fsp3) is 0.136. The second kappa shape index (κ2) is 8.23. The van der Waals surface area contributed by atoms with Crippen LogP contribution in [-0.2, 0) is 4.79 Å². The van der Waals surface area contributed by atoms with Gasteiger partial charge in [-0.2, -0.15) is 5.10 Å². The van der Waals surface area contributed by atoms with Gasteiger partial charge in [-0.1, -0.05) is 30.3 Å². The summed E-state index contributed by atoms with van der Waals surface area (Å²) < 4.78 is 12.1. The Bertz CT molecular complexity index is 1170. The molecule has 1 atom stereocenters. The molecule has 0 saturated carbocycles. The van der Waals surface area contributed by atoms with Crippen LogP contribution in [0.2, 0.25) is 0 Å². The number of carboxylic acid groups (broad SMARTS) is 1. The maximum Gasteiger partial charge on any atom is 0.352 e. The van der Waals surface area contributed by atoms with Crippen LogP contribution in [0.3, 0.4) is 0 Å². The number of aliphatic carboxylic acids is 1. The molecule has 31 heavy (non-hydrogen) atoms. The predicted octanol–water partition coefficient (Wildman–Crippen LogP) is 3.14. The Labute approximate surface area is 177 Å². The van der Waals surface area contributed by atoms with Crippen LogP contribution in [0.4, 0.5) is 11.5 Å². The van der Waals surface area contributed by atoms with E-state index < -0.39 is 17.9 Å². The molecule has 158 valence electrons. The molecule has 2 aromatic carbocycles. The summed E-state index contributed by atoms with van der Waals surface area (Å²) in [6.07, 6.45) is 2.97. The zero-order valence-electron chi connectivity index (χ0n) is 16.8. The van der Waals surface area contributed by atoms with Gasteiger partial charge in [0.25, 0.3) is 5.91 Å². The normalized spacial score (nSPS) is 14.6. The van der Waals surface area contributed by atoms with E-state index in [4.69, 9.17) is 9.47 Å². The van der Waals surface area contributed by atoms with Crippen LogP contribution in [-0.4, -0.2) is 41.0 Å². The number of rotatable bonds is 6. The molecule has 9 heteroatoms. The molecule has 3 N–H and O–H groups in total. The van der Waals surface area contributed by atoms with Gasteiger partial charge in [-0.3, -0.25) is 4.79 Å². The molecule has 0 bridgehead atoms. The van der Waals surface area contributed by atoms with E-state index in [9.17, 15) is 14.7 Å². The maximum absolute atomic E-state index is 13.0. The van der Waals surface area contributed by atoms with Crippen LogP contribution in [0.1, 0.15) is 22.0 Å². The monoisotopic (exact) mass is 420 g/mol. The van der Waals surface area contributed by atoms with E-state index in [1.807, 2.05) is 30.3 Å². The first kappa shape index (κ1) is 20.0. The summed E-state index contributed by atoms with van der Waals surface area (Å²) in [5.74, 6) is -0.270. The fourth-order valence-corrected chi connectivity index (χ4v) is 3.39. The minimum Gasteiger partial charge on any atom is -0.493 e. The Morgan fingerprint density at radius 2 is 1.84 bits per heavy atom. The highest BCUT2D eigenvalue weighted by Gasteiger charge is 2.29. The van der Waals surface area contributed by atoms with Crippen LogP contribution >= 0.6 is 0 Å². The third-order valence-corrected chi connectivity index (χ3v) is 4.89. The van der Waals surface area contributed by atoms with E-state index >= 15 is 0 Å². The molecule has 3 aromatic rings. The fourth-order valence-electron chi connectivity index (χ4n) is 3.39. The number of carbonyl (C=O) groups is 2. The molecule has 1 aliphatic rings. The number of anilines is 2. The number of benzene rings is 2. The number of allylic oxidation sites excluding steroid dienone is 1. The first-order chi connectivity index (χ1) is 15.0. The Morgan fingerprint density at radius 3 is 2.52 bits per heavy atom. The molecule has 0 radical (unpaired) electrons. The summed E-state index contributed by atoms with van der Waals surface area (Å²) in [6.45, 7) is 0. The van der Waals surface area contributed by atoms with Crippen molar-refractivity contribution in [3.63, 3.8) is 0 Å². The smallest absolute Gasteiger partial charge is 0.352 e. The minimum atomic E-state index is -1.13. The largest absolute Gasteiger partial charge is 0.493 e. The number of hydrogen-bond acceptors (Lipinski definition) is 6. The number of carboxylic acids is 1. The molecule has 1 aliphatic heterocycles. The average Bonchev–Trinajstić information content (AvgIpc) is 3.23. The SMILES string of the molecule is COc1ccc(NC(=O)c2cnn3c2NC(C(=O)O)=C[C@H]3c2ccccc2)cc1OC. The van der Waals surface area contributed by atoms with Crippen molar-refractivity contribution >= 4 is 23.4 Å². The number of methoxy groups -OCH3 is 2. The summed E-state index contributed by atoms with van der Waals surface area (Å²) in [4.78, 5) is 24.7. The van der Waals surface area contributed by atoms with Gasteiger partial charge < -0.3 is 25.2 Å². The number of ether oxygens (including phenoxy) is 2. The van der Waals surface area contributed by atoms with Crippen molar-refractivity contribution in [1.82, 2.24) is 9.78 Å². The third-order valence-electron chi connectivity index (χ3n) is 4.89. The van der Waals surface area contributed by atoms with Crippen molar-refractivity contribution in [1.29, 1.82) is 0 Å². The lowest BCUT2D eigenvalue weighted by molar-refractivity contribution is -0.132. The Kier molecular flexibility index (Phi) is 5.31. The Balaban J connectivity index is 1.67. The molecule has 1 amide bonds. The molecule has 2 heterocycles. The molecular weight excluding hydrogens is 400 g/mol. The van der Waals surface area contributed by atoms with E-state index in [1.165, 1.54) is 20.4 Å². The number of aromatic nitrogens is 2. The molecule has 0 saturated heterocycles. The lowest BCUT2D eigenvalue weighted by atomic mass is 10.0. The molecule has 0 unspecified atom stereocenters. The number of nitrogens with one attached hydrogen (secondary N) is 2. The Morgan fingerprint density at radius 1 is 1.10 bits per heavy atom. The highest BCUT2D eigenvalue weighted by atomic mass is 16.5. The molecule has 1 aromatic heterocycles. The number of fused-ring (bicyclic) bond motifs is 1. The number of amides is 1. The molecule has 9 nitrogen and oxygen atoms in total. The summed E-state index contributed by atoms with van der Waals surface area (Å²) in [7, 11) is 3.03. The van der Waals surface area contributed by atoms with Gasteiger partial charge in [0.15, 0.2) is 11.5 Å². The van der Waals surface area contributed by atoms with E-state index in [0.717, 1.165) is 5.56 Å². The van der Waals surface area contributed by atoms with Gasteiger partial charge in [-0.05, 0) is 23.8 Å². The summed E-state index contributed by atoms with van der Waals surface area (Å²) >= 11 is 0. The number of carbonyl (C=O) groups excluding carboxylic acids is 1. The van der Waals surface area contributed by atoms with Crippen LogP contribution < -0.4 is 20.1 Å². The quantitative estimate of drug-likeness (QED) is 0.561. The standard InChI is InChI=1S/C22H20N4O5/c1-30-18-9-8-14(10-19(18)31-2)24-21(27)15-12-23-26-17(13-6-4-3-5-7-13)11-16(22(28)29)25-20(15)26/h3-12,17,25H,1-2H3,(H,24,27)(H,28,29)/t17-/m0/s1. The van der Waals surface area contributed by atoms with Crippen molar-refractivity contribution in [2.24, 2.45) is 0 Å². The van der Waals surface area contributed by atoms with Crippen LogP contribution in [0.15, 0.2) is 66.5 Å². The zero-order valence-corrected chi connectivity index (χ0v) is 16.8. The van der Waals surface area contributed by atoms with Crippen molar-refractivity contribution in [2.75, 3.05) is 24.9 Å². The molecule has 0 aliphatic carbocycles. The summed E-state index contributed by atoms with van der Waals surface area (Å²) in [5, 5.41) is 19.5. The lowest BCUT2D eigenvalue weighted by Crippen LogP contribution is -2.25. The van der Waals surface area contributed by atoms with E-state index in [2.05, 4.69) is 15.7 Å². The third kappa shape index (κ3) is 3.80. The molecule has 4 rings (SSSR count). The average molecular weight is 420 g/mol. The predicted molar refractivity (Wildman–Crippen MR) is 114 cm³/mol. The van der Waals surface area contributed by atoms with Gasteiger partial charge in [-0.25, -0.2) is 9.48 Å². The van der Waals surface area contributed by atoms with Gasteiger partial charge in [0.05, 0.1) is 26.5 Å². The second-order valence-corrected chi connectivity index (χ2v) is 6.74. The van der Waals surface area contributed by atoms with Crippen LogP contribution in [0.25, 0.3) is 0 Å². The van der Waals surface area contributed by atoms with E-state index in [1.54, 1.807) is 29.0 Å². The van der Waals surface area contributed by atoms with Crippen molar-refractivity contribution < 1.29 is 24.2 Å². The first-order valence-electron chi connectivity index (χ1n) is 9.39. The van der Waals surface area contributed by atoms with Gasteiger partial charge in [0.1, 0.15) is 17.1 Å². The van der Waals surface area contributed by atoms with Crippen LogP contribution in [0, 0.1) is 0 Å². The van der Waals surface area contributed by atoms with E-state index in [-0.39, 0.29) is 11.3 Å². The summed E-state index contributed by atoms with van der Waals surface area (Å²) in [5.41, 5.74) is 1.52. The summed E-state index contributed by atoms with van der Waals surface area (Å²) in [6, 6.07) is 13.9. The van der Waals surface area contributed by atoms with Gasteiger partial charge in [-0.15, -0.1) is 0 Å². The van der Waals surface area contributed by atoms with Crippen LogP contribution in [0.5, 0.6) is 11.5 Å².